The number of halogens is 1. The highest BCUT2D eigenvalue weighted by molar-refractivity contribution is 6.20. The molecule has 0 spiro atoms. The van der Waals surface area contributed by atoms with E-state index in [0.29, 0.717) is 12.2 Å². The van der Waals surface area contributed by atoms with E-state index in [-0.39, 0.29) is 10.9 Å². The zero-order valence-corrected chi connectivity index (χ0v) is 12.3. The molecule has 1 aromatic heterocycles. The first kappa shape index (κ1) is 13.4. The lowest BCUT2D eigenvalue weighted by Crippen LogP contribution is -2.32. The molecule has 1 aliphatic rings. The van der Waals surface area contributed by atoms with Crippen LogP contribution in [0.15, 0.2) is 18.2 Å². The minimum atomic E-state index is -0.216. The van der Waals surface area contributed by atoms with Crippen molar-refractivity contribution < 1.29 is 4.74 Å². The summed E-state index contributed by atoms with van der Waals surface area (Å²) in [6.45, 7) is 5.45. The Labute approximate surface area is 122 Å². The average Bonchev–Trinajstić information content (AvgIpc) is 3.02. The third kappa shape index (κ3) is 1.90. The third-order valence-electron chi connectivity index (χ3n) is 3.93. The second kappa shape index (κ2) is 4.76. The molecule has 1 fully saturated rings. The van der Waals surface area contributed by atoms with Crippen LogP contribution < -0.4 is 0 Å². The number of imidazole rings is 1. The van der Waals surface area contributed by atoms with E-state index in [1.54, 1.807) is 6.07 Å². The Balaban J connectivity index is 2.34. The van der Waals surface area contributed by atoms with Gasteiger partial charge in [0.15, 0.2) is 0 Å². The van der Waals surface area contributed by atoms with Gasteiger partial charge in [-0.3, -0.25) is 0 Å². The molecule has 2 aromatic rings. The standard InChI is InChI=1S/C15H16ClN3O/c1-10(16)14-18-13-11(8-17)4-3-5-12(13)19(14)15(2)6-7-20-9-15/h3-5,10H,6-7,9H2,1-2H3. The number of para-hydroxylation sites is 1. The summed E-state index contributed by atoms with van der Waals surface area (Å²) in [5.74, 6) is 0.803. The number of aromatic nitrogens is 2. The first-order valence-corrected chi connectivity index (χ1v) is 7.14. The monoisotopic (exact) mass is 289 g/mol. The maximum absolute atomic E-state index is 9.25. The Morgan fingerprint density at radius 3 is 2.95 bits per heavy atom. The summed E-state index contributed by atoms with van der Waals surface area (Å²) >= 11 is 6.31. The molecule has 0 amide bonds. The fourth-order valence-electron chi connectivity index (χ4n) is 2.87. The minimum Gasteiger partial charge on any atom is -0.379 e. The zero-order chi connectivity index (χ0) is 14.3. The molecule has 20 heavy (non-hydrogen) atoms. The van der Waals surface area contributed by atoms with E-state index in [2.05, 4.69) is 22.5 Å². The molecule has 1 aliphatic heterocycles. The highest BCUT2D eigenvalue weighted by Gasteiger charge is 2.36. The van der Waals surface area contributed by atoms with Gasteiger partial charge in [0.2, 0.25) is 0 Å². The number of hydrogen-bond donors (Lipinski definition) is 0. The molecule has 3 rings (SSSR count). The highest BCUT2D eigenvalue weighted by Crippen LogP contribution is 2.36. The van der Waals surface area contributed by atoms with Crippen LogP contribution in [0.3, 0.4) is 0 Å². The number of benzene rings is 1. The number of hydrogen-bond acceptors (Lipinski definition) is 3. The molecular weight excluding hydrogens is 274 g/mol. The number of ether oxygens (including phenoxy) is 1. The van der Waals surface area contributed by atoms with Crippen molar-refractivity contribution in [2.45, 2.75) is 31.2 Å². The van der Waals surface area contributed by atoms with Crippen LogP contribution >= 0.6 is 11.6 Å². The fourth-order valence-corrected chi connectivity index (χ4v) is 3.02. The fraction of sp³-hybridized carbons (Fsp3) is 0.467. The summed E-state index contributed by atoms with van der Waals surface area (Å²) in [6.07, 6.45) is 0.922. The van der Waals surface area contributed by atoms with Gasteiger partial charge in [-0.25, -0.2) is 4.98 Å². The molecule has 5 heteroatoms. The molecule has 2 atom stereocenters. The smallest absolute Gasteiger partial charge is 0.128 e. The largest absolute Gasteiger partial charge is 0.379 e. The molecule has 1 aromatic carbocycles. The van der Waals surface area contributed by atoms with Crippen molar-refractivity contribution in [3.8, 4) is 6.07 Å². The molecule has 0 radical (unpaired) electrons. The van der Waals surface area contributed by atoms with Gasteiger partial charge in [-0.2, -0.15) is 5.26 Å². The van der Waals surface area contributed by atoms with E-state index in [4.69, 9.17) is 16.3 Å². The van der Waals surface area contributed by atoms with E-state index in [1.807, 2.05) is 19.1 Å². The van der Waals surface area contributed by atoms with Crippen LogP contribution in [-0.2, 0) is 10.3 Å². The van der Waals surface area contributed by atoms with Gasteiger partial charge in [-0.05, 0) is 32.4 Å². The SMILES string of the molecule is CC(Cl)c1nc2c(C#N)cccc2n1C1(C)CCOC1. The number of alkyl halides is 1. The second-order valence-electron chi connectivity index (χ2n) is 5.51. The molecule has 1 saturated heterocycles. The molecule has 0 bridgehead atoms. The lowest BCUT2D eigenvalue weighted by Gasteiger charge is -2.27. The maximum atomic E-state index is 9.25. The van der Waals surface area contributed by atoms with Crippen molar-refractivity contribution in [2.75, 3.05) is 13.2 Å². The molecule has 4 nitrogen and oxygen atoms in total. The Kier molecular flexibility index (Phi) is 3.19. The van der Waals surface area contributed by atoms with Gasteiger partial charge < -0.3 is 9.30 Å². The second-order valence-corrected chi connectivity index (χ2v) is 6.16. The van der Waals surface area contributed by atoms with E-state index < -0.39 is 0 Å². The third-order valence-corrected chi connectivity index (χ3v) is 4.12. The number of nitrogens with zero attached hydrogens (tertiary/aromatic N) is 3. The van der Waals surface area contributed by atoms with Crippen molar-refractivity contribution in [3.05, 3.63) is 29.6 Å². The Morgan fingerprint density at radius 2 is 2.35 bits per heavy atom. The summed E-state index contributed by atoms with van der Waals surface area (Å²) in [7, 11) is 0. The molecular formula is C15H16ClN3O. The van der Waals surface area contributed by atoms with Crippen molar-refractivity contribution in [1.82, 2.24) is 9.55 Å². The van der Waals surface area contributed by atoms with Gasteiger partial charge in [-0.15, -0.1) is 11.6 Å². The van der Waals surface area contributed by atoms with Crippen molar-refractivity contribution in [2.24, 2.45) is 0 Å². The summed E-state index contributed by atoms with van der Waals surface area (Å²) in [4.78, 5) is 4.63. The normalized spacial score (nSPS) is 23.9. The summed E-state index contributed by atoms with van der Waals surface area (Å²) in [5, 5.41) is 9.03. The number of nitriles is 1. The topological polar surface area (TPSA) is 50.8 Å². The van der Waals surface area contributed by atoms with E-state index in [0.717, 1.165) is 29.9 Å². The zero-order valence-electron chi connectivity index (χ0n) is 11.6. The van der Waals surface area contributed by atoms with E-state index in [1.165, 1.54) is 0 Å². The van der Waals surface area contributed by atoms with Gasteiger partial charge in [0, 0.05) is 6.61 Å². The van der Waals surface area contributed by atoms with E-state index >= 15 is 0 Å². The minimum absolute atomic E-state index is 0.151. The quantitative estimate of drug-likeness (QED) is 0.797. The molecule has 104 valence electrons. The Bertz CT molecular complexity index is 693. The lowest BCUT2D eigenvalue weighted by atomic mass is 10.0. The van der Waals surface area contributed by atoms with Crippen LogP contribution in [0.1, 0.15) is 37.0 Å². The predicted octanol–water partition coefficient (Wildman–Crippen LogP) is 3.34. The van der Waals surface area contributed by atoms with Gasteiger partial charge in [0.1, 0.15) is 17.4 Å². The predicted molar refractivity (Wildman–Crippen MR) is 77.8 cm³/mol. The van der Waals surface area contributed by atoms with Crippen molar-refractivity contribution >= 4 is 22.6 Å². The van der Waals surface area contributed by atoms with Gasteiger partial charge in [0.25, 0.3) is 0 Å². The van der Waals surface area contributed by atoms with Crippen LogP contribution in [0.5, 0.6) is 0 Å². The van der Waals surface area contributed by atoms with Gasteiger partial charge >= 0.3 is 0 Å². The Morgan fingerprint density at radius 1 is 1.55 bits per heavy atom. The summed E-state index contributed by atoms with van der Waals surface area (Å²) in [6, 6.07) is 7.88. The number of rotatable bonds is 2. The Hall–Kier alpha value is -1.57. The first-order valence-electron chi connectivity index (χ1n) is 6.70. The van der Waals surface area contributed by atoms with Crippen molar-refractivity contribution in [1.29, 1.82) is 5.26 Å². The molecule has 0 saturated carbocycles. The van der Waals surface area contributed by atoms with E-state index in [9.17, 15) is 5.26 Å². The average molecular weight is 290 g/mol. The van der Waals surface area contributed by atoms with Gasteiger partial charge in [-0.1, -0.05) is 6.07 Å². The molecule has 0 aliphatic carbocycles. The van der Waals surface area contributed by atoms with Crippen LogP contribution in [0.4, 0.5) is 0 Å². The lowest BCUT2D eigenvalue weighted by molar-refractivity contribution is 0.162. The highest BCUT2D eigenvalue weighted by atomic mass is 35.5. The molecule has 2 heterocycles. The van der Waals surface area contributed by atoms with Crippen LogP contribution in [0, 0.1) is 11.3 Å². The first-order chi connectivity index (χ1) is 9.57. The molecule has 0 N–H and O–H groups in total. The van der Waals surface area contributed by atoms with Crippen LogP contribution in [0.2, 0.25) is 0 Å². The van der Waals surface area contributed by atoms with Crippen molar-refractivity contribution in [3.63, 3.8) is 0 Å². The molecule has 2 unspecified atom stereocenters. The number of fused-ring (bicyclic) bond motifs is 1. The summed E-state index contributed by atoms with van der Waals surface area (Å²) < 4.78 is 7.73. The summed E-state index contributed by atoms with van der Waals surface area (Å²) in [5.41, 5.74) is 2.12. The van der Waals surface area contributed by atoms with Crippen LogP contribution in [-0.4, -0.2) is 22.8 Å². The maximum Gasteiger partial charge on any atom is 0.128 e. The van der Waals surface area contributed by atoms with Gasteiger partial charge in [0.05, 0.1) is 28.6 Å². The van der Waals surface area contributed by atoms with Crippen LogP contribution in [0.25, 0.3) is 11.0 Å².